The monoisotopic (exact) mass is 170 g/mol. The van der Waals surface area contributed by atoms with Gasteiger partial charge in [0.2, 0.25) is 0 Å². The van der Waals surface area contributed by atoms with Gasteiger partial charge < -0.3 is 4.74 Å². The van der Waals surface area contributed by atoms with E-state index in [0.717, 1.165) is 11.5 Å². The Morgan fingerprint density at radius 3 is 3.09 bits per heavy atom. The van der Waals surface area contributed by atoms with Crippen molar-refractivity contribution in [1.29, 1.82) is 0 Å². The lowest BCUT2D eigenvalue weighted by Gasteiger charge is -2.16. The molecule has 1 atom stereocenters. The van der Waals surface area contributed by atoms with Crippen LogP contribution in [0.2, 0.25) is 0 Å². The number of allylic oxidation sites excluding steroid dienone is 1. The molecule has 2 heteroatoms. The van der Waals surface area contributed by atoms with Gasteiger partial charge in [-0.3, -0.25) is 0 Å². The van der Waals surface area contributed by atoms with E-state index in [2.05, 4.69) is 12.2 Å². The minimum absolute atomic E-state index is 0.402. The van der Waals surface area contributed by atoms with Gasteiger partial charge in [-0.2, -0.15) is 0 Å². The molecule has 62 valence electrons. The van der Waals surface area contributed by atoms with Crippen molar-refractivity contribution in [3.63, 3.8) is 0 Å². The second kappa shape index (κ2) is 4.50. The summed E-state index contributed by atoms with van der Waals surface area (Å²) in [5, 5.41) is 0.767. The van der Waals surface area contributed by atoms with E-state index >= 15 is 0 Å². The maximum absolute atomic E-state index is 5.26. The molecule has 0 aromatic rings. The van der Waals surface area contributed by atoms with Crippen molar-refractivity contribution < 1.29 is 4.74 Å². The van der Waals surface area contributed by atoms with Gasteiger partial charge in [0.05, 0.1) is 6.61 Å². The quantitative estimate of drug-likeness (QED) is 0.465. The Kier molecular flexibility index (Phi) is 3.57. The summed E-state index contributed by atoms with van der Waals surface area (Å²) in [5.41, 5.74) is 0. The van der Waals surface area contributed by atoms with Gasteiger partial charge in [0.25, 0.3) is 0 Å². The van der Waals surface area contributed by atoms with E-state index in [-0.39, 0.29) is 0 Å². The summed E-state index contributed by atoms with van der Waals surface area (Å²) in [6.07, 6.45) is 7.97. The molecule has 0 bridgehead atoms. The average molecular weight is 170 g/mol. The first kappa shape index (κ1) is 8.72. The fraction of sp³-hybridized carbons (Fsp3) is 0.667. The van der Waals surface area contributed by atoms with Crippen molar-refractivity contribution >= 4 is 17.3 Å². The Hall–Kier alpha value is -0.370. The fourth-order valence-electron chi connectivity index (χ4n) is 1.26. The highest BCUT2D eigenvalue weighted by Crippen LogP contribution is 2.18. The molecule has 0 aliphatic heterocycles. The third-order valence-corrected chi connectivity index (χ3v) is 2.26. The van der Waals surface area contributed by atoms with E-state index in [4.69, 9.17) is 17.0 Å². The average Bonchev–Trinajstić information content (AvgIpc) is 2.07. The number of hydrogen-bond donors (Lipinski definition) is 0. The highest BCUT2D eigenvalue weighted by Gasteiger charge is 2.13. The van der Waals surface area contributed by atoms with Crippen molar-refractivity contribution in [2.24, 2.45) is 5.92 Å². The highest BCUT2D eigenvalue weighted by molar-refractivity contribution is 7.80. The number of thiocarbonyl (C=S) groups is 1. The van der Waals surface area contributed by atoms with Crippen LogP contribution >= 0.6 is 12.2 Å². The Labute approximate surface area is 73.4 Å². The molecule has 0 saturated carbocycles. The molecule has 1 aliphatic carbocycles. The van der Waals surface area contributed by atoms with Crippen LogP contribution in [0.4, 0.5) is 0 Å². The van der Waals surface area contributed by atoms with E-state index in [1.807, 2.05) is 6.92 Å². The molecule has 0 spiro atoms. The first-order valence-corrected chi connectivity index (χ1v) is 4.58. The summed E-state index contributed by atoms with van der Waals surface area (Å²) in [6, 6.07) is 0. The van der Waals surface area contributed by atoms with E-state index < -0.39 is 0 Å². The minimum atomic E-state index is 0.402. The van der Waals surface area contributed by atoms with Crippen LogP contribution in [0.1, 0.15) is 26.2 Å². The third kappa shape index (κ3) is 2.62. The predicted octanol–water partition coefficient (Wildman–Crippen LogP) is 2.71. The first-order valence-electron chi connectivity index (χ1n) is 4.18. The third-order valence-electron chi connectivity index (χ3n) is 1.84. The van der Waals surface area contributed by atoms with Crippen LogP contribution in [0.5, 0.6) is 0 Å². The molecule has 0 aromatic carbocycles. The standard InChI is InChI=1S/C9H14OS/c1-2-10-9(11)8-6-4-3-5-7-8/h4,6,8H,2-3,5,7H2,1H3. The molecule has 0 amide bonds. The van der Waals surface area contributed by atoms with Crippen LogP contribution in [-0.4, -0.2) is 11.7 Å². The van der Waals surface area contributed by atoms with Gasteiger partial charge >= 0.3 is 0 Å². The molecule has 1 aliphatic rings. The van der Waals surface area contributed by atoms with Crippen LogP contribution in [0.25, 0.3) is 0 Å². The van der Waals surface area contributed by atoms with Crippen molar-refractivity contribution in [1.82, 2.24) is 0 Å². The zero-order valence-corrected chi connectivity index (χ0v) is 7.69. The Morgan fingerprint density at radius 1 is 1.73 bits per heavy atom. The molecule has 1 nitrogen and oxygen atoms in total. The minimum Gasteiger partial charge on any atom is -0.487 e. The maximum atomic E-state index is 5.26. The zero-order valence-electron chi connectivity index (χ0n) is 6.88. The lowest BCUT2D eigenvalue weighted by molar-refractivity contribution is 0.314. The second-order valence-corrected chi connectivity index (χ2v) is 3.12. The summed E-state index contributed by atoms with van der Waals surface area (Å²) >= 11 is 5.10. The molecular formula is C9H14OS. The molecule has 0 saturated heterocycles. The topological polar surface area (TPSA) is 9.23 Å². The van der Waals surface area contributed by atoms with Gasteiger partial charge in [0.1, 0.15) is 0 Å². The van der Waals surface area contributed by atoms with Crippen molar-refractivity contribution in [3.8, 4) is 0 Å². The maximum Gasteiger partial charge on any atom is 0.166 e. The molecule has 0 radical (unpaired) electrons. The van der Waals surface area contributed by atoms with Crippen LogP contribution < -0.4 is 0 Å². The van der Waals surface area contributed by atoms with Crippen LogP contribution in [0.15, 0.2) is 12.2 Å². The van der Waals surface area contributed by atoms with E-state index in [0.29, 0.717) is 12.5 Å². The molecule has 1 unspecified atom stereocenters. The fourth-order valence-corrected chi connectivity index (χ4v) is 1.57. The SMILES string of the molecule is CCOC(=S)C1C=CCCC1. The molecule has 1 rings (SSSR count). The van der Waals surface area contributed by atoms with Crippen molar-refractivity contribution in [3.05, 3.63) is 12.2 Å². The van der Waals surface area contributed by atoms with E-state index in [1.165, 1.54) is 12.8 Å². The first-order chi connectivity index (χ1) is 5.34. The predicted molar refractivity (Wildman–Crippen MR) is 50.7 cm³/mol. The number of rotatable bonds is 2. The van der Waals surface area contributed by atoms with Gasteiger partial charge in [0, 0.05) is 5.92 Å². The molecule has 0 N–H and O–H groups in total. The van der Waals surface area contributed by atoms with E-state index in [9.17, 15) is 0 Å². The number of hydrogen-bond acceptors (Lipinski definition) is 2. The lowest BCUT2D eigenvalue weighted by atomic mass is 9.97. The van der Waals surface area contributed by atoms with Crippen molar-refractivity contribution in [2.75, 3.05) is 6.61 Å². The molecule has 11 heavy (non-hydrogen) atoms. The molecular weight excluding hydrogens is 156 g/mol. The van der Waals surface area contributed by atoms with E-state index in [1.54, 1.807) is 0 Å². The Bertz CT molecular complexity index is 163. The summed E-state index contributed by atoms with van der Waals surface area (Å²) < 4.78 is 5.26. The van der Waals surface area contributed by atoms with Gasteiger partial charge in [-0.25, -0.2) is 0 Å². The lowest BCUT2D eigenvalue weighted by Crippen LogP contribution is -2.15. The van der Waals surface area contributed by atoms with Gasteiger partial charge in [-0.1, -0.05) is 12.2 Å². The van der Waals surface area contributed by atoms with Gasteiger partial charge in [0.15, 0.2) is 5.05 Å². The summed E-state index contributed by atoms with van der Waals surface area (Å²) in [5.74, 6) is 0.402. The largest absolute Gasteiger partial charge is 0.487 e. The molecule has 0 heterocycles. The normalized spacial score (nSPS) is 23.2. The number of ether oxygens (including phenoxy) is 1. The van der Waals surface area contributed by atoms with Crippen molar-refractivity contribution in [2.45, 2.75) is 26.2 Å². The van der Waals surface area contributed by atoms with Crippen LogP contribution in [-0.2, 0) is 4.74 Å². The smallest absolute Gasteiger partial charge is 0.166 e. The Morgan fingerprint density at radius 2 is 2.55 bits per heavy atom. The highest BCUT2D eigenvalue weighted by atomic mass is 32.1. The molecule has 0 fully saturated rings. The summed E-state index contributed by atoms with van der Waals surface area (Å²) in [4.78, 5) is 0. The Balaban J connectivity index is 2.39. The summed E-state index contributed by atoms with van der Waals surface area (Å²) in [6.45, 7) is 2.67. The van der Waals surface area contributed by atoms with Gasteiger partial charge in [-0.15, -0.1) is 0 Å². The van der Waals surface area contributed by atoms with Gasteiger partial charge in [-0.05, 0) is 38.4 Å². The summed E-state index contributed by atoms with van der Waals surface area (Å²) in [7, 11) is 0. The molecule has 0 aromatic heterocycles. The zero-order chi connectivity index (χ0) is 8.10. The second-order valence-electron chi connectivity index (χ2n) is 2.72. The van der Waals surface area contributed by atoms with Crippen LogP contribution in [0.3, 0.4) is 0 Å². The van der Waals surface area contributed by atoms with Crippen LogP contribution in [0, 0.1) is 5.92 Å².